The van der Waals surface area contributed by atoms with Crippen LogP contribution in [0.1, 0.15) is 20.8 Å². The second kappa shape index (κ2) is 5.70. The van der Waals surface area contributed by atoms with E-state index in [1.54, 1.807) is 7.11 Å². The Morgan fingerprint density at radius 3 is 2.33 bits per heavy atom. The van der Waals surface area contributed by atoms with Crippen LogP contribution in [0.25, 0.3) is 0 Å². The van der Waals surface area contributed by atoms with Gasteiger partial charge in [-0.3, -0.25) is 0 Å². The Bertz CT molecular complexity index is 174. The summed E-state index contributed by atoms with van der Waals surface area (Å²) in [6, 6.07) is 0. The summed E-state index contributed by atoms with van der Waals surface area (Å²) in [4.78, 5) is 0. The largest absolute Gasteiger partial charge is 0.482 e. The first-order chi connectivity index (χ1) is 5.61. The van der Waals surface area contributed by atoms with Gasteiger partial charge in [0.25, 0.3) is 0 Å². The van der Waals surface area contributed by atoms with Crippen LogP contribution in [0.4, 0.5) is 0 Å². The second-order valence-electron chi connectivity index (χ2n) is 3.07. The third-order valence-electron chi connectivity index (χ3n) is 1.52. The van der Waals surface area contributed by atoms with Crippen LogP contribution in [0, 0.1) is 5.92 Å². The molecule has 0 saturated heterocycles. The molecule has 0 bridgehead atoms. The zero-order valence-electron chi connectivity index (χ0n) is 8.64. The topological polar surface area (TPSA) is 21.3 Å². The fraction of sp³-hybridized carbons (Fsp3) is 0.600. The molecule has 0 radical (unpaired) electrons. The van der Waals surface area contributed by atoms with E-state index in [1.165, 1.54) is 0 Å². The summed E-state index contributed by atoms with van der Waals surface area (Å²) < 4.78 is 5.11. The van der Waals surface area contributed by atoms with Crippen LogP contribution in [0.5, 0.6) is 0 Å². The molecule has 0 spiro atoms. The molecule has 12 heavy (non-hydrogen) atoms. The number of hydrogen-bond donors (Lipinski definition) is 1. The van der Waals surface area contributed by atoms with Gasteiger partial charge in [-0.15, -0.1) is 0 Å². The minimum absolute atomic E-state index is 0.579. The van der Waals surface area contributed by atoms with E-state index in [9.17, 15) is 0 Å². The van der Waals surface area contributed by atoms with Crippen molar-refractivity contribution in [2.75, 3.05) is 14.2 Å². The van der Waals surface area contributed by atoms with Crippen LogP contribution in [0.2, 0.25) is 0 Å². The predicted molar refractivity (Wildman–Crippen MR) is 52.7 cm³/mol. The van der Waals surface area contributed by atoms with Gasteiger partial charge < -0.3 is 10.1 Å². The minimum Gasteiger partial charge on any atom is -0.482 e. The quantitative estimate of drug-likeness (QED) is 0.515. The summed E-state index contributed by atoms with van der Waals surface area (Å²) in [6.45, 7) is 6.32. The molecule has 1 N–H and O–H groups in total. The average molecular weight is 169 g/mol. The molecule has 0 unspecified atom stereocenters. The van der Waals surface area contributed by atoms with Crippen LogP contribution in [0.3, 0.4) is 0 Å². The van der Waals surface area contributed by atoms with E-state index in [0.717, 1.165) is 11.5 Å². The van der Waals surface area contributed by atoms with Crippen LogP contribution in [-0.2, 0) is 4.74 Å². The van der Waals surface area contributed by atoms with E-state index in [-0.39, 0.29) is 0 Å². The van der Waals surface area contributed by atoms with Gasteiger partial charge in [-0.25, -0.2) is 0 Å². The highest BCUT2D eigenvalue weighted by atomic mass is 16.5. The highest BCUT2D eigenvalue weighted by molar-refractivity contribution is 5.19. The molecular weight excluding hydrogens is 150 g/mol. The highest BCUT2D eigenvalue weighted by Crippen LogP contribution is 2.05. The zero-order valence-corrected chi connectivity index (χ0v) is 8.64. The molecule has 0 saturated carbocycles. The SMILES string of the molecule is CN/C(OC)=C(C)\C=C/C(C)C. The van der Waals surface area contributed by atoms with E-state index >= 15 is 0 Å². The Balaban J connectivity index is 4.32. The van der Waals surface area contributed by atoms with Crippen molar-refractivity contribution in [3.8, 4) is 0 Å². The molecule has 0 aromatic heterocycles. The summed E-state index contributed by atoms with van der Waals surface area (Å²) in [5.41, 5.74) is 1.12. The Morgan fingerprint density at radius 1 is 1.42 bits per heavy atom. The van der Waals surface area contributed by atoms with Gasteiger partial charge >= 0.3 is 0 Å². The first kappa shape index (κ1) is 11.1. The van der Waals surface area contributed by atoms with Gasteiger partial charge in [0.1, 0.15) is 0 Å². The smallest absolute Gasteiger partial charge is 0.189 e. The maximum atomic E-state index is 5.11. The normalized spacial score (nSPS) is 13.5. The van der Waals surface area contributed by atoms with E-state index in [0.29, 0.717) is 5.92 Å². The Labute approximate surface area is 75.3 Å². The maximum absolute atomic E-state index is 5.11. The standard InChI is InChI=1S/C10H19NO/c1-8(2)6-7-9(3)10(11-4)12-5/h6-8,11H,1-5H3/b7-6-,10-9+. The van der Waals surface area contributed by atoms with Gasteiger partial charge in [-0.2, -0.15) is 0 Å². The summed E-state index contributed by atoms with van der Waals surface area (Å²) in [5.74, 6) is 1.40. The molecule has 0 rings (SSSR count). The maximum Gasteiger partial charge on any atom is 0.189 e. The fourth-order valence-electron chi connectivity index (χ4n) is 0.873. The molecule has 2 nitrogen and oxygen atoms in total. The highest BCUT2D eigenvalue weighted by Gasteiger charge is 1.95. The molecule has 0 fully saturated rings. The molecule has 70 valence electrons. The van der Waals surface area contributed by atoms with Crippen LogP contribution >= 0.6 is 0 Å². The number of allylic oxidation sites excluding steroid dienone is 3. The third kappa shape index (κ3) is 4.06. The Hall–Kier alpha value is -0.920. The number of methoxy groups -OCH3 is 1. The first-order valence-electron chi connectivity index (χ1n) is 4.22. The first-order valence-corrected chi connectivity index (χ1v) is 4.22. The summed E-state index contributed by atoms with van der Waals surface area (Å²) >= 11 is 0. The summed E-state index contributed by atoms with van der Waals surface area (Å²) in [5, 5.41) is 2.98. The second-order valence-corrected chi connectivity index (χ2v) is 3.07. The van der Waals surface area contributed by atoms with Crippen molar-refractivity contribution in [1.29, 1.82) is 0 Å². The lowest BCUT2D eigenvalue weighted by Crippen LogP contribution is -2.09. The monoisotopic (exact) mass is 169 g/mol. The van der Waals surface area contributed by atoms with Gasteiger partial charge in [0, 0.05) is 12.6 Å². The summed E-state index contributed by atoms with van der Waals surface area (Å²) in [7, 11) is 3.52. The molecule has 0 atom stereocenters. The van der Waals surface area contributed by atoms with E-state index in [4.69, 9.17) is 4.74 Å². The zero-order chi connectivity index (χ0) is 9.56. The van der Waals surface area contributed by atoms with Crippen LogP contribution < -0.4 is 5.32 Å². The van der Waals surface area contributed by atoms with Crippen molar-refractivity contribution in [2.24, 2.45) is 5.92 Å². The molecule has 0 aliphatic carbocycles. The third-order valence-corrected chi connectivity index (χ3v) is 1.52. The lowest BCUT2D eigenvalue weighted by atomic mass is 10.1. The van der Waals surface area contributed by atoms with Gasteiger partial charge in [-0.05, 0) is 12.8 Å². The molecular formula is C10H19NO. The van der Waals surface area contributed by atoms with Gasteiger partial charge in [0.15, 0.2) is 5.88 Å². The average Bonchev–Trinajstić information content (AvgIpc) is 2.03. The van der Waals surface area contributed by atoms with Crippen molar-refractivity contribution >= 4 is 0 Å². The van der Waals surface area contributed by atoms with Crippen LogP contribution in [0.15, 0.2) is 23.6 Å². The van der Waals surface area contributed by atoms with E-state index < -0.39 is 0 Å². The Kier molecular flexibility index (Phi) is 5.26. The molecule has 0 heterocycles. The number of hydrogen-bond acceptors (Lipinski definition) is 2. The molecule has 0 amide bonds. The van der Waals surface area contributed by atoms with Crippen molar-refractivity contribution < 1.29 is 4.74 Å². The molecule has 0 aromatic carbocycles. The van der Waals surface area contributed by atoms with E-state index in [2.05, 4.69) is 31.3 Å². The van der Waals surface area contributed by atoms with Crippen molar-refractivity contribution in [3.05, 3.63) is 23.6 Å². The lowest BCUT2D eigenvalue weighted by Gasteiger charge is -2.06. The van der Waals surface area contributed by atoms with Crippen LogP contribution in [-0.4, -0.2) is 14.2 Å². The number of ether oxygens (including phenoxy) is 1. The van der Waals surface area contributed by atoms with Crippen molar-refractivity contribution in [2.45, 2.75) is 20.8 Å². The molecule has 0 aliphatic rings. The van der Waals surface area contributed by atoms with Gasteiger partial charge in [0.2, 0.25) is 0 Å². The van der Waals surface area contributed by atoms with Gasteiger partial charge in [-0.1, -0.05) is 26.0 Å². The van der Waals surface area contributed by atoms with Crippen molar-refractivity contribution in [3.63, 3.8) is 0 Å². The van der Waals surface area contributed by atoms with Crippen molar-refractivity contribution in [1.82, 2.24) is 5.32 Å². The van der Waals surface area contributed by atoms with Gasteiger partial charge in [0.05, 0.1) is 7.11 Å². The van der Waals surface area contributed by atoms with E-state index in [1.807, 2.05) is 14.0 Å². The number of nitrogens with one attached hydrogen (secondary N) is 1. The lowest BCUT2D eigenvalue weighted by molar-refractivity contribution is 0.264. The fourth-order valence-corrected chi connectivity index (χ4v) is 0.873. The molecule has 0 aromatic rings. The molecule has 0 aliphatic heterocycles. The minimum atomic E-state index is 0.579. The molecule has 2 heteroatoms. The summed E-state index contributed by atoms with van der Waals surface area (Å²) in [6.07, 6.45) is 4.21. The predicted octanol–water partition coefficient (Wildman–Crippen LogP) is 2.30. The Morgan fingerprint density at radius 2 is 2.00 bits per heavy atom. The number of rotatable bonds is 4.